The molecule has 0 spiro atoms. The predicted octanol–water partition coefficient (Wildman–Crippen LogP) is 0.489. The number of rotatable bonds is 4. The second-order valence-electron chi connectivity index (χ2n) is 1.78. The van der Waals surface area contributed by atoms with Crippen LogP contribution < -0.4 is 5.32 Å². The summed E-state index contributed by atoms with van der Waals surface area (Å²) in [5.41, 5.74) is 0. The Morgan fingerprint density at radius 3 is 2.55 bits per heavy atom. The van der Waals surface area contributed by atoms with Crippen LogP contribution in [0.2, 0.25) is 0 Å². The lowest BCUT2D eigenvalue weighted by Gasteiger charge is -2.10. The average Bonchev–Trinajstić information content (AvgIpc) is 1.91. The number of likely N-dealkylation sites (N-methyl/N-ethyl adjacent to an activating group) is 1. The zero-order valence-corrected chi connectivity index (χ0v) is 8.37. The van der Waals surface area contributed by atoms with E-state index in [0.29, 0.717) is 12.4 Å². The molecule has 0 heterocycles. The van der Waals surface area contributed by atoms with Crippen LogP contribution in [0.5, 0.6) is 0 Å². The lowest BCUT2D eigenvalue weighted by atomic mass is 10.3. The third-order valence-electron chi connectivity index (χ3n) is 1.10. The number of nitrogens with one attached hydrogen (secondary N) is 1. The molecule has 68 valence electrons. The molecular weight excluding hydrogens is 186 g/mol. The second kappa shape index (κ2) is 8.17. The number of esters is 1. The zero-order valence-electron chi connectivity index (χ0n) is 6.66. The van der Waals surface area contributed by atoms with Gasteiger partial charge in [-0.3, -0.25) is 4.79 Å². The summed E-state index contributed by atoms with van der Waals surface area (Å²) in [6.45, 7) is 2.20. The molecule has 0 bridgehead atoms. The molecule has 0 amide bonds. The molecule has 0 radical (unpaired) electrons. The quantitative estimate of drug-likeness (QED) is 0.512. The Kier molecular flexibility index (Phi) is 10.1. The Labute approximate surface area is 78.7 Å². The monoisotopic (exact) mass is 199 g/mol. The van der Waals surface area contributed by atoms with E-state index in [1.54, 1.807) is 14.0 Å². The zero-order chi connectivity index (χ0) is 7.98. The fraction of sp³-hybridized carbons (Fsp3) is 0.833. The molecular formula is C6H14ClNO2S. The maximum absolute atomic E-state index is 10.9. The van der Waals surface area contributed by atoms with E-state index >= 15 is 0 Å². The van der Waals surface area contributed by atoms with E-state index in [-0.39, 0.29) is 24.4 Å². The predicted molar refractivity (Wildman–Crippen MR) is 50.6 cm³/mol. The number of carbonyl (C=O) groups is 1. The molecule has 1 atom stereocenters. The van der Waals surface area contributed by atoms with E-state index in [1.165, 1.54) is 0 Å². The van der Waals surface area contributed by atoms with Crippen LogP contribution in [-0.4, -0.2) is 31.4 Å². The highest BCUT2D eigenvalue weighted by atomic mass is 35.5. The van der Waals surface area contributed by atoms with Gasteiger partial charge < -0.3 is 10.1 Å². The molecule has 0 aliphatic rings. The Morgan fingerprint density at radius 1 is 1.73 bits per heavy atom. The number of hydrogen-bond acceptors (Lipinski definition) is 4. The Bertz CT molecular complexity index is 109. The van der Waals surface area contributed by atoms with Gasteiger partial charge in [-0.15, -0.1) is 12.4 Å². The summed E-state index contributed by atoms with van der Waals surface area (Å²) in [7, 11) is 1.71. The summed E-state index contributed by atoms with van der Waals surface area (Å²) >= 11 is 3.96. The summed E-state index contributed by atoms with van der Waals surface area (Å²) in [6.07, 6.45) is 0. The van der Waals surface area contributed by atoms with Gasteiger partial charge in [-0.05, 0) is 14.0 Å². The molecule has 1 N–H and O–H groups in total. The van der Waals surface area contributed by atoms with Crippen LogP contribution in [0.1, 0.15) is 6.92 Å². The number of hydrogen-bond donors (Lipinski definition) is 2. The van der Waals surface area contributed by atoms with Crippen molar-refractivity contribution in [2.45, 2.75) is 13.0 Å². The van der Waals surface area contributed by atoms with Crippen molar-refractivity contribution in [3.8, 4) is 0 Å². The summed E-state index contributed by atoms with van der Waals surface area (Å²) in [4.78, 5) is 10.9. The number of thiol groups is 1. The molecule has 3 nitrogen and oxygen atoms in total. The minimum atomic E-state index is -0.275. The highest BCUT2D eigenvalue weighted by molar-refractivity contribution is 7.80. The van der Waals surface area contributed by atoms with Crippen molar-refractivity contribution in [2.75, 3.05) is 19.4 Å². The SMILES string of the molecule is CCOC(=O)[C@H](CS)NC.Cl. The fourth-order valence-electron chi connectivity index (χ4n) is 0.527. The summed E-state index contributed by atoms with van der Waals surface area (Å²) < 4.78 is 4.74. The number of ether oxygens (including phenoxy) is 1. The normalized spacial score (nSPS) is 11.5. The van der Waals surface area contributed by atoms with Crippen LogP contribution in [0.25, 0.3) is 0 Å². The Hall–Kier alpha value is 0.0700. The van der Waals surface area contributed by atoms with E-state index in [2.05, 4.69) is 17.9 Å². The first-order valence-electron chi connectivity index (χ1n) is 3.21. The first kappa shape index (κ1) is 13.6. The maximum atomic E-state index is 10.9. The lowest BCUT2D eigenvalue weighted by Crippen LogP contribution is -2.37. The highest BCUT2D eigenvalue weighted by Gasteiger charge is 2.14. The molecule has 5 heteroatoms. The molecule has 0 saturated carbocycles. The van der Waals surface area contributed by atoms with Crippen LogP contribution >= 0.6 is 25.0 Å². The number of carbonyl (C=O) groups excluding carboxylic acids is 1. The molecule has 0 aliphatic heterocycles. The standard InChI is InChI=1S/C6H13NO2S.ClH/c1-3-9-6(8)5(4-10)7-2;/h5,7,10H,3-4H2,1-2H3;1H/t5-;/m0./s1. The van der Waals surface area contributed by atoms with Crippen LogP contribution in [0.3, 0.4) is 0 Å². The van der Waals surface area contributed by atoms with Crippen LogP contribution in [0, 0.1) is 0 Å². The van der Waals surface area contributed by atoms with Crippen LogP contribution in [-0.2, 0) is 9.53 Å². The summed E-state index contributed by atoms with van der Waals surface area (Å²) in [6, 6.07) is -0.275. The van der Waals surface area contributed by atoms with Crippen molar-refractivity contribution in [3.63, 3.8) is 0 Å². The first-order chi connectivity index (χ1) is 4.76. The van der Waals surface area contributed by atoms with Crippen LogP contribution in [0.4, 0.5) is 0 Å². The van der Waals surface area contributed by atoms with E-state index < -0.39 is 0 Å². The molecule has 0 unspecified atom stereocenters. The second-order valence-corrected chi connectivity index (χ2v) is 2.14. The molecule has 0 fully saturated rings. The largest absolute Gasteiger partial charge is 0.465 e. The van der Waals surface area contributed by atoms with E-state index in [4.69, 9.17) is 4.74 Å². The molecule has 0 saturated heterocycles. The van der Waals surface area contributed by atoms with Gasteiger partial charge in [-0.2, -0.15) is 12.6 Å². The molecule has 0 aromatic carbocycles. The minimum Gasteiger partial charge on any atom is -0.465 e. The van der Waals surface area contributed by atoms with Crippen molar-refractivity contribution >= 4 is 31.0 Å². The first-order valence-corrected chi connectivity index (χ1v) is 3.84. The summed E-state index contributed by atoms with van der Waals surface area (Å²) in [5.74, 6) is 0.231. The van der Waals surface area contributed by atoms with Gasteiger partial charge in [0, 0.05) is 5.75 Å². The lowest BCUT2D eigenvalue weighted by molar-refractivity contribution is -0.144. The Balaban J connectivity index is 0. The minimum absolute atomic E-state index is 0. The highest BCUT2D eigenvalue weighted by Crippen LogP contribution is 1.90. The third-order valence-corrected chi connectivity index (χ3v) is 1.47. The van der Waals surface area contributed by atoms with Gasteiger partial charge in [0.1, 0.15) is 6.04 Å². The van der Waals surface area contributed by atoms with Crippen molar-refractivity contribution in [3.05, 3.63) is 0 Å². The van der Waals surface area contributed by atoms with E-state index in [9.17, 15) is 4.79 Å². The molecule has 0 aromatic heterocycles. The van der Waals surface area contributed by atoms with E-state index in [1.807, 2.05) is 0 Å². The molecule has 11 heavy (non-hydrogen) atoms. The summed E-state index contributed by atoms with van der Waals surface area (Å²) in [5, 5.41) is 2.79. The van der Waals surface area contributed by atoms with Gasteiger partial charge >= 0.3 is 5.97 Å². The van der Waals surface area contributed by atoms with Gasteiger partial charge in [0.05, 0.1) is 6.61 Å². The average molecular weight is 200 g/mol. The van der Waals surface area contributed by atoms with Crippen molar-refractivity contribution < 1.29 is 9.53 Å². The van der Waals surface area contributed by atoms with Crippen molar-refractivity contribution in [1.82, 2.24) is 5.32 Å². The molecule has 0 aliphatic carbocycles. The Morgan fingerprint density at radius 2 is 2.27 bits per heavy atom. The van der Waals surface area contributed by atoms with Gasteiger partial charge in [-0.25, -0.2) is 0 Å². The maximum Gasteiger partial charge on any atom is 0.323 e. The van der Waals surface area contributed by atoms with Gasteiger partial charge in [0.2, 0.25) is 0 Å². The van der Waals surface area contributed by atoms with Crippen LogP contribution in [0.15, 0.2) is 0 Å². The van der Waals surface area contributed by atoms with Gasteiger partial charge in [-0.1, -0.05) is 0 Å². The topological polar surface area (TPSA) is 38.3 Å². The smallest absolute Gasteiger partial charge is 0.323 e. The van der Waals surface area contributed by atoms with E-state index in [0.717, 1.165) is 0 Å². The molecule has 0 aromatic rings. The molecule has 0 rings (SSSR count). The third kappa shape index (κ3) is 5.35. The van der Waals surface area contributed by atoms with Crippen molar-refractivity contribution in [2.24, 2.45) is 0 Å². The number of halogens is 1. The van der Waals surface area contributed by atoms with Gasteiger partial charge in [0.15, 0.2) is 0 Å². The van der Waals surface area contributed by atoms with Gasteiger partial charge in [0.25, 0.3) is 0 Å². The van der Waals surface area contributed by atoms with Crippen molar-refractivity contribution in [1.29, 1.82) is 0 Å². The fourth-order valence-corrected chi connectivity index (χ4v) is 0.858.